The Bertz CT molecular complexity index is 1080. The molecule has 4 rings (SSSR count). The Labute approximate surface area is 185 Å². The molecule has 0 unspecified atom stereocenters. The average Bonchev–Trinajstić information content (AvgIpc) is 3.42. The van der Waals surface area contributed by atoms with Crippen LogP contribution in [-0.4, -0.2) is 29.9 Å². The number of nitrogens with zero attached hydrogens (tertiary/aromatic N) is 2. The first-order valence-electron chi connectivity index (χ1n) is 10.5. The van der Waals surface area contributed by atoms with E-state index in [4.69, 9.17) is 4.74 Å². The molecule has 2 heterocycles. The van der Waals surface area contributed by atoms with E-state index >= 15 is 0 Å². The first-order valence-corrected chi connectivity index (χ1v) is 11.3. The highest BCUT2D eigenvalue weighted by Crippen LogP contribution is 2.32. The highest BCUT2D eigenvalue weighted by atomic mass is 32.1. The average molecular weight is 436 g/mol. The number of benzene rings is 2. The van der Waals surface area contributed by atoms with Crippen LogP contribution in [0.3, 0.4) is 0 Å². The Morgan fingerprint density at radius 3 is 2.90 bits per heavy atom. The van der Waals surface area contributed by atoms with E-state index in [0.717, 1.165) is 46.2 Å². The van der Waals surface area contributed by atoms with Crippen molar-refractivity contribution in [3.05, 3.63) is 65.2 Å². The van der Waals surface area contributed by atoms with Gasteiger partial charge in [-0.1, -0.05) is 24.3 Å². The zero-order chi connectivity index (χ0) is 21.6. The van der Waals surface area contributed by atoms with Crippen LogP contribution in [0.2, 0.25) is 0 Å². The van der Waals surface area contributed by atoms with Gasteiger partial charge in [0.25, 0.3) is 0 Å². The van der Waals surface area contributed by atoms with Crippen molar-refractivity contribution in [1.82, 2.24) is 10.3 Å². The normalized spacial score (nSPS) is 13.5. The van der Waals surface area contributed by atoms with Crippen molar-refractivity contribution in [3.63, 3.8) is 0 Å². The number of thiazole rings is 1. The highest BCUT2D eigenvalue weighted by molar-refractivity contribution is 7.13. The summed E-state index contributed by atoms with van der Waals surface area (Å²) in [5.41, 5.74) is 3.54. The summed E-state index contributed by atoms with van der Waals surface area (Å²) in [7, 11) is 0. The quantitative estimate of drug-likeness (QED) is 0.576. The standard InChI is InChI=1S/C24H25N3O3S/c1-2-30-21-10-4-3-9-20(21)24-26-18(16-31-24)14-22(28)25-15-17-7-5-8-19(13-17)27-12-6-11-23(27)29/h3-5,7-10,13,16H,2,6,11-12,14-15H2,1H3,(H,25,28). The molecule has 1 fully saturated rings. The number of hydrogen-bond acceptors (Lipinski definition) is 5. The summed E-state index contributed by atoms with van der Waals surface area (Å²) in [4.78, 5) is 30.9. The minimum absolute atomic E-state index is 0.0856. The summed E-state index contributed by atoms with van der Waals surface area (Å²) < 4.78 is 5.69. The van der Waals surface area contributed by atoms with Crippen LogP contribution in [0.1, 0.15) is 31.0 Å². The summed E-state index contributed by atoms with van der Waals surface area (Å²) in [6, 6.07) is 15.6. The number of nitrogens with one attached hydrogen (secondary N) is 1. The van der Waals surface area contributed by atoms with E-state index in [0.29, 0.717) is 19.6 Å². The molecule has 0 spiro atoms. The zero-order valence-corrected chi connectivity index (χ0v) is 18.3. The Hall–Kier alpha value is -3.19. The van der Waals surface area contributed by atoms with E-state index in [9.17, 15) is 9.59 Å². The second-order valence-electron chi connectivity index (χ2n) is 7.35. The van der Waals surface area contributed by atoms with E-state index in [-0.39, 0.29) is 18.2 Å². The molecule has 0 radical (unpaired) electrons. The van der Waals surface area contributed by atoms with Crippen molar-refractivity contribution >= 4 is 28.8 Å². The molecule has 160 valence electrons. The van der Waals surface area contributed by atoms with Crippen LogP contribution >= 0.6 is 11.3 Å². The van der Waals surface area contributed by atoms with Gasteiger partial charge >= 0.3 is 0 Å². The van der Waals surface area contributed by atoms with Gasteiger partial charge in [-0.25, -0.2) is 4.98 Å². The number of amides is 2. The van der Waals surface area contributed by atoms with Crippen molar-refractivity contribution in [2.45, 2.75) is 32.7 Å². The van der Waals surface area contributed by atoms with Crippen LogP contribution in [0.15, 0.2) is 53.9 Å². The van der Waals surface area contributed by atoms with Gasteiger partial charge in [0.05, 0.1) is 24.3 Å². The molecule has 1 aliphatic heterocycles. The second kappa shape index (κ2) is 9.75. The summed E-state index contributed by atoms with van der Waals surface area (Å²) in [6.45, 7) is 3.71. The molecule has 7 heteroatoms. The molecular weight excluding hydrogens is 410 g/mol. The maximum Gasteiger partial charge on any atom is 0.227 e. The molecule has 2 aromatic carbocycles. The van der Waals surface area contributed by atoms with Crippen LogP contribution in [0.5, 0.6) is 5.75 Å². The molecular formula is C24H25N3O3S. The van der Waals surface area contributed by atoms with E-state index in [1.165, 1.54) is 11.3 Å². The largest absolute Gasteiger partial charge is 0.493 e. The third-order valence-electron chi connectivity index (χ3n) is 5.10. The lowest BCUT2D eigenvalue weighted by Gasteiger charge is -2.16. The molecule has 3 aromatic rings. The van der Waals surface area contributed by atoms with Crippen LogP contribution in [0.4, 0.5) is 5.69 Å². The van der Waals surface area contributed by atoms with Gasteiger partial charge in [-0.2, -0.15) is 0 Å². The number of carbonyl (C=O) groups is 2. The fraction of sp³-hybridized carbons (Fsp3) is 0.292. The molecule has 1 N–H and O–H groups in total. The fourth-order valence-corrected chi connectivity index (χ4v) is 4.47. The summed E-state index contributed by atoms with van der Waals surface area (Å²) >= 11 is 1.51. The minimum atomic E-state index is -0.0856. The molecule has 0 aliphatic carbocycles. The molecule has 1 aliphatic rings. The number of hydrogen-bond donors (Lipinski definition) is 1. The first kappa shape index (κ1) is 21.1. The van der Waals surface area contributed by atoms with Gasteiger partial charge in [-0.05, 0) is 43.2 Å². The van der Waals surface area contributed by atoms with Crippen LogP contribution in [0, 0.1) is 0 Å². The molecule has 6 nitrogen and oxygen atoms in total. The van der Waals surface area contributed by atoms with Crippen LogP contribution < -0.4 is 15.0 Å². The van der Waals surface area contributed by atoms with Crippen molar-refractivity contribution < 1.29 is 14.3 Å². The topological polar surface area (TPSA) is 71.5 Å². The lowest BCUT2D eigenvalue weighted by atomic mass is 10.2. The van der Waals surface area contributed by atoms with Crippen LogP contribution in [0.25, 0.3) is 10.6 Å². The first-order chi connectivity index (χ1) is 15.1. The monoisotopic (exact) mass is 435 g/mol. The third kappa shape index (κ3) is 5.11. The Kier molecular flexibility index (Phi) is 6.62. The van der Waals surface area contributed by atoms with E-state index in [1.54, 1.807) is 0 Å². The van der Waals surface area contributed by atoms with Gasteiger partial charge in [0, 0.05) is 30.6 Å². The van der Waals surface area contributed by atoms with Gasteiger partial charge in [0.2, 0.25) is 11.8 Å². The van der Waals surface area contributed by atoms with Gasteiger partial charge in [0.15, 0.2) is 0 Å². The van der Waals surface area contributed by atoms with Crippen molar-refractivity contribution in [2.24, 2.45) is 0 Å². The molecule has 0 saturated carbocycles. The lowest BCUT2D eigenvalue weighted by molar-refractivity contribution is -0.120. The molecule has 1 saturated heterocycles. The third-order valence-corrected chi connectivity index (χ3v) is 6.02. The van der Waals surface area contributed by atoms with E-state index in [1.807, 2.05) is 65.7 Å². The van der Waals surface area contributed by atoms with Gasteiger partial charge < -0.3 is 15.0 Å². The number of aromatic nitrogens is 1. The predicted octanol–water partition coefficient (Wildman–Crippen LogP) is 4.19. The second-order valence-corrected chi connectivity index (χ2v) is 8.20. The van der Waals surface area contributed by atoms with Crippen LogP contribution in [-0.2, 0) is 22.6 Å². The van der Waals surface area contributed by atoms with Gasteiger partial charge in [-0.3, -0.25) is 9.59 Å². The maximum absolute atomic E-state index is 12.5. The number of para-hydroxylation sites is 1. The van der Waals surface area contributed by atoms with Gasteiger partial charge in [0.1, 0.15) is 10.8 Å². The van der Waals surface area contributed by atoms with Gasteiger partial charge in [-0.15, -0.1) is 11.3 Å². The highest BCUT2D eigenvalue weighted by Gasteiger charge is 2.21. The van der Waals surface area contributed by atoms with E-state index < -0.39 is 0 Å². The lowest BCUT2D eigenvalue weighted by Crippen LogP contribution is -2.26. The molecule has 2 amide bonds. The Morgan fingerprint density at radius 2 is 2.10 bits per heavy atom. The summed E-state index contributed by atoms with van der Waals surface area (Å²) in [6.07, 6.45) is 1.72. The number of anilines is 1. The maximum atomic E-state index is 12.5. The van der Waals surface area contributed by atoms with Crippen molar-refractivity contribution in [3.8, 4) is 16.3 Å². The molecule has 0 bridgehead atoms. The summed E-state index contributed by atoms with van der Waals surface area (Å²) in [5, 5.41) is 5.71. The van der Waals surface area contributed by atoms with Crippen molar-refractivity contribution in [2.75, 3.05) is 18.1 Å². The SMILES string of the molecule is CCOc1ccccc1-c1nc(CC(=O)NCc2cccc(N3CCCC3=O)c2)cs1. The Morgan fingerprint density at radius 1 is 1.23 bits per heavy atom. The summed E-state index contributed by atoms with van der Waals surface area (Å²) in [5.74, 6) is 0.871. The zero-order valence-electron chi connectivity index (χ0n) is 17.5. The number of rotatable bonds is 8. The van der Waals surface area contributed by atoms with E-state index in [2.05, 4.69) is 10.3 Å². The molecule has 1 aromatic heterocycles. The molecule has 31 heavy (non-hydrogen) atoms. The fourth-order valence-electron chi connectivity index (χ4n) is 3.62. The minimum Gasteiger partial charge on any atom is -0.493 e. The Balaban J connectivity index is 1.36. The van der Waals surface area contributed by atoms with Crippen molar-refractivity contribution in [1.29, 1.82) is 0 Å². The number of carbonyl (C=O) groups excluding carboxylic acids is 2. The smallest absolute Gasteiger partial charge is 0.227 e. The predicted molar refractivity (Wildman–Crippen MR) is 122 cm³/mol. The molecule has 0 atom stereocenters. The number of ether oxygens (including phenoxy) is 1.